The van der Waals surface area contributed by atoms with Gasteiger partial charge in [-0.1, -0.05) is 40.5 Å². The van der Waals surface area contributed by atoms with Gasteiger partial charge in [0.15, 0.2) is 0 Å². The van der Waals surface area contributed by atoms with Gasteiger partial charge in [0.05, 0.1) is 17.0 Å². The summed E-state index contributed by atoms with van der Waals surface area (Å²) in [6, 6.07) is 5.55. The zero-order valence-corrected chi connectivity index (χ0v) is 11.6. The van der Waals surface area contributed by atoms with Crippen LogP contribution in [0.3, 0.4) is 0 Å². The Morgan fingerprint density at radius 2 is 2.25 bits per heavy atom. The molecule has 0 fully saturated rings. The smallest absolute Gasteiger partial charge is 0.146 e. The van der Waals surface area contributed by atoms with E-state index in [0.717, 1.165) is 5.56 Å². The predicted octanol–water partition coefficient (Wildman–Crippen LogP) is 3.63. The molecule has 0 spiro atoms. The Balaban J connectivity index is 2.78. The predicted molar refractivity (Wildman–Crippen MR) is 69.7 cm³/mol. The van der Waals surface area contributed by atoms with Gasteiger partial charge in [-0.3, -0.25) is 4.79 Å². The zero-order chi connectivity index (χ0) is 12.1. The molecule has 0 bridgehead atoms. The highest BCUT2D eigenvalue weighted by molar-refractivity contribution is 9.10. The third-order valence-electron chi connectivity index (χ3n) is 2.33. The van der Waals surface area contributed by atoms with E-state index in [0.29, 0.717) is 23.6 Å². The summed E-state index contributed by atoms with van der Waals surface area (Å²) < 4.78 is 5.12. The van der Waals surface area contributed by atoms with E-state index in [-0.39, 0.29) is 10.6 Å². The van der Waals surface area contributed by atoms with E-state index in [1.165, 1.54) is 0 Å². The number of carbonyl (C=O) groups excluding carboxylic acids is 1. The van der Waals surface area contributed by atoms with Gasteiger partial charge >= 0.3 is 0 Å². The van der Waals surface area contributed by atoms with E-state index in [9.17, 15) is 4.79 Å². The van der Waals surface area contributed by atoms with Crippen LogP contribution in [0.25, 0.3) is 0 Å². The second kappa shape index (κ2) is 6.26. The minimum absolute atomic E-state index is 0.136. The minimum Gasteiger partial charge on any atom is -0.495 e. The Morgan fingerprint density at radius 3 is 2.81 bits per heavy atom. The average molecular weight is 306 g/mol. The van der Waals surface area contributed by atoms with Crippen molar-refractivity contribution in [3.8, 4) is 5.75 Å². The first-order valence-corrected chi connectivity index (χ1v) is 6.37. The highest BCUT2D eigenvalue weighted by atomic mass is 79.9. The molecule has 1 aromatic rings. The molecule has 1 aromatic carbocycles. The Morgan fingerprint density at radius 1 is 1.56 bits per heavy atom. The van der Waals surface area contributed by atoms with Crippen LogP contribution in [0, 0.1) is 0 Å². The van der Waals surface area contributed by atoms with E-state index in [2.05, 4.69) is 15.9 Å². The molecule has 0 saturated heterocycles. The molecule has 1 rings (SSSR count). The average Bonchev–Trinajstić information content (AvgIpc) is 2.30. The van der Waals surface area contributed by atoms with Gasteiger partial charge in [-0.15, -0.1) is 0 Å². The lowest BCUT2D eigenvalue weighted by atomic mass is 10.1. The Kier molecular flexibility index (Phi) is 5.29. The summed E-state index contributed by atoms with van der Waals surface area (Å²) in [5, 5.41) is 0.583. The molecule has 4 heteroatoms. The van der Waals surface area contributed by atoms with Crippen molar-refractivity contribution in [1.82, 2.24) is 0 Å². The van der Waals surface area contributed by atoms with Crippen molar-refractivity contribution in [3.63, 3.8) is 0 Å². The largest absolute Gasteiger partial charge is 0.495 e. The molecule has 0 N–H and O–H groups in total. The fraction of sp³-hybridized carbons (Fsp3) is 0.417. The van der Waals surface area contributed by atoms with Crippen LogP contribution >= 0.6 is 27.5 Å². The Bertz CT molecular complexity index is 379. The van der Waals surface area contributed by atoms with Crippen molar-refractivity contribution in [1.29, 1.82) is 0 Å². The first kappa shape index (κ1) is 13.5. The lowest BCUT2D eigenvalue weighted by molar-refractivity contribution is -0.118. The van der Waals surface area contributed by atoms with E-state index < -0.39 is 0 Å². The fourth-order valence-electron chi connectivity index (χ4n) is 1.37. The monoisotopic (exact) mass is 304 g/mol. The molecular weight excluding hydrogens is 291 g/mol. The summed E-state index contributed by atoms with van der Waals surface area (Å²) in [6.07, 6.45) is 1.20. The van der Waals surface area contributed by atoms with Crippen LogP contribution in [-0.2, 0) is 11.2 Å². The molecule has 0 saturated carbocycles. The van der Waals surface area contributed by atoms with Crippen molar-refractivity contribution < 1.29 is 9.53 Å². The highest BCUT2D eigenvalue weighted by Gasteiger charge is 2.14. The number of halogens is 2. The highest BCUT2D eigenvalue weighted by Crippen LogP contribution is 2.26. The second-order valence-electron chi connectivity index (χ2n) is 3.46. The number of benzene rings is 1. The molecule has 0 aliphatic carbocycles. The molecule has 1 unspecified atom stereocenters. The first-order valence-electron chi connectivity index (χ1n) is 5.07. The summed E-state index contributed by atoms with van der Waals surface area (Å²) in [6.45, 7) is 1.86. The molecule has 16 heavy (non-hydrogen) atoms. The van der Waals surface area contributed by atoms with Crippen LogP contribution in [0.4, 0.5) is 0 Å². The number of hydrogen-bond donors (Lipinski definition) is 0. The van der Waals surface area contributed by atoms with Crippen molar-refractivity contribution in [3.05, 3.63) is 28.8 Å². The van der Waals surface area contributed by atoms with Crippen molar-refractivity contribution in [2.45, 2.75) is 24.6 Å². The van der Waals surface area contributed by atoms with E-state index >= 15 is 0 Å². The van der Waals surface area contributed by atoms with Gasteiger partial charge in [0, 0.05) is 6.42 Å². The standard InChI is InChI=1S/C12H14BrClO2/c1-3-11(15)9(13)6-8-4-5-10(14)12(7-8)16-2/h4-5,7,9H,3,6H2,1-2H3. The number of hydrogen-bond acceptors (Lipinski definition) is 2. The van der Waals surface area contributed by atoms with E-state index in [1.807, 2.05) is 19.1 Å². The maximum atomic E-state index is 11.4. The molecule has 0 radical (unpaired) electrons. The molecule has 0 heterocycles. The summed E-state index contributed by atoms with van der Waals surface area (Å²) in [4.78, 5) is 11.3. The lowest BCUT2D eigenvalue weighted by Gasteiger charge is -2.09. The van der Waals surface area contributed by atoms with Crippen LogP contribution in [0.1, 0.15) is 18.9 Å². The topological polar surface area (TPSA) is 26.3 Å². The summed E-state index contributed by atoms with van der Waals surface area (Å²) >= 11 is 9.30. The summed E-state index contributed by atoms with van der Waals surface area (Å²) in [5.74, 6) is 0.844. The third kappa shape index (κ3) is 3.49. The maximum Gasteiger partial charge on any atom is 0.146 e. The van der Waals surface area contributed by atoms with E-state index in [4.69, 9.17) is 16.3 Å². The zero-order valence-electron chi connectivity index (χ0n) is 9.30. The van der Waals surface area contributed by atoms with Crippen LogP contribution in [0.2, 0.25) is 5.02 Å². The number of Topliss-reactive ketones (excluding diaryl/α,β-unsaturated/α-hetero) is 1. The van der Waals surface area contributed by atoms with Gasteiger partial charge < -0.3 is 4.74 Å². The van der Waals surface area contributed by atoms with Crippen LogP contribution in [-0.4, -0.2) is 17.7 Å². The number of methoxy groups -OCH3 is 1. The fourth-order valence-corrected chi connectivity index (χ4v) is 2.27. The van der Waals surface area contributed by atoms with Crippen molar-refractivity contribution in [2.75, 3.05) is 7.11 Å². The molecule has 0 aliphatic rings. The van der Waals surface area contributed by atoms with E-state index in [1.54, 1.807) is 13.2 Å². The Hall–Kier alpha value is -0.540. The normalized spacial score (nSPS) is 12.2. The van der Waals surface area contributed by atoms with Crippen LogP contribution < -0.4 is 4.74 Å². The number of rotatable bonds is 5. The van der Waals surface area contributed by atoms with Crippen LogP contribution in [0.15, 0.2) is 18.2 Å². The first-order chi connectivity index (χ1) is 7.58. The van der Waals surface area contributed by atoms with Gasteiger partial charge in [0.2, 0.25) is 0 Å². The molecular formula is C12H14BrClO2. The Labute approximate surface area is 109 Å². The molecule has 88 valence electrons. The van der Waals surface area contributed by atoms with Crippen LogP contribution in [0.5, 0.6) is 5.75 Å². The van der Waals surface area contributed by atoms with Gasteiger partial charge in [-0.2, -0.15) is 0 Å². The molecule has 2 nitrogen and oxygen atoms in total. The van der Waals surface area contributed by atoms with Crippen molar-refractivity contribution >= 4 is 33.3 Å². The van der Waals surface area contributed by atoms with Gasteiger partial charge in [-0.25, -0.2) is 0 Å². The second-order valence-corrected chi connectivity index (χ2v) is 4.97. The summed E-state index contributed by atoms with van der Waals surface area (Å²) in [5.41, 5.74) is 1.03. The maximum absolute atomic E-state index is 11.4. The number of ketones is 1. The number of carbonyl (C=O) groups is 1. The quantitative estimate of drug-likeness (QED) is 0.777. The van der Waals surface area contributed by atoms with Crippen molar-refractivity contribution in [2.24, 2.45) is 0 Å². The molecule has 1 atom stereocenters. The number of alkyl halides is 1. The minimum atomic E-state index is -0.136. The lowest BCUT2D eigenvalue weighted by Crippen LogP contribution is -2.15. The third-order valence-corrected chi connectivity index (χ3v) is 3.47. The molecule has 0 amide bonds. The molecule has 0 aliphatic heterocycles. The SMILES string of the molecule is CCC(=O)C(Br)Cc1ccc(Cl)c(OC)c1. The van der Waals surface area contributed by atoms with Gasteiger partial charge in [-0.05, 0) is 24.1 Å². The van der Waals surface area contributed by atoms with Gasteiger partial charge in [0.1, 0.15) is 11.5 Å². The van der Waals surface area contributed by atoms with Gasteiger partial charge in [0.25, 0.3) is 0 Å². The summed E-state index contributed by atoms with van der Waals surface area (Å²) in [7, 11) is 1.58. The molecule has 0 aromatic heterocycles. The number of ether oxygens (including phenoxy) is 1.